The van der Waals surface area contributed by atoms with Gasteiger partial charge in [0, 0.05) is 17.4 Å². The molecule has 1 aromatic carbocycles. The first-order chi connectivity index (χ1) is 16.6. The molecular weight excluding hydrogens is 520 g/mol. The van der Waals surface area contributed by atoms with Crippen molar-refractivity contribution in [3.8, 4) is 0 Å². The van der Waals surface area contributed by atoms with Crippen molar-refractivity contribution >= 4 is 40.8 Å². The number of amidine groups is 1. The van der Waals surface area contributed by atoms with Crippen LogP contribution in [0.25, 0.3) is 0 Å². The summed E-state index contributed by atoms with van der Waals surface area (Å²) in [5.41, 5.74) is 9.77. The number of amides is 1. The molecule has 1 aromatic heterocycles. The number of alkyl halides is 3. The summed E-state index contributed by atoms with van der Waals surface area (Å²) in [6.07, 6.45) is -3.72. The number of anilines is 1. The highest BCUT2D eigenvalue weighted by atomic mass is 35.5. The molecule has 1 amide bonds. The number of hydrogen-bond donors (Lipinski definition) is 4. The predicted molar refractivity (Wildman–Crippen MR) is 135 cm³/mol. The molecule has 2 aromatic rings. The number of carbonyl (C=O) groups excluding carboxylic acids is 1. The zero-order valence-electron chi connectivity index (χ0n) is 20.1. The van der Waals surface area contributed by atoms with E-state index in [1.807, 2.05) is 13.8 Å². The third-order valence-corrected chi connectivity index (χ3v) is 8.37. The van der Waals surface area contributed by atoms with Crippen molar-refractivity contribution in [1.82, 2.24) is 10.3 Å². The minimum absolute atomic E-state index is 0.139. The standard InChI is InChI=1S/C23H27ClF4N6OS/c1-20(2)19(30)34-21(3,22(31-4,36-20)7-8-29)14-10-13(5-6-16(14)25)33-18(35)17-15(24)9-12(11-32-17)23(26,27)28/h5-6,9-11,31H,7-8,29H2,1-4H3,(H2,30,34)(H,33,35)/t21-,22+/m1/s1. The van der Waals surface area contributed by atoms with Gasteiger partial charge in [0.25, 0.3) is 5.91 Å². The molecule has 6 N–H and O–H groups in total. The lowest BCUT2D eigenvalue weighted by Crippen LogP contribution is -2.63. The van der Waals surface area contributed by atoms with Crippen LogP contribution >= 0.6 is 23.4 Å². The van der Waals surface area contributed by atoms with Gasteiger partial charge in [-0.15, -0.1) is 11.8 Å². The minimum atomic E-state index is -4.66. The van der Waals surface area contributed by atoms with E-state index in [2.05, 4.69) is 15.6 Å². The molecule has 36 heavy (non-hydrogen) atoms. The van der Waals surface area contributed by atoms with E-state index < -0.39 is 49.3 Å². The molecule has 196 valence electrons. The van der Waals surface area contributed by atoms with Crippen LogP contribution in [0.1, 0.15) is 48.8 Å². The van der Waals surface area contributed by atoms with Gasteiger partial charge in [-0.3, -0.25) is 9.79 Å². The number of nitrogens with one attached hydrogen (secondary N) is 2. The molecule has 0 saturated heterocycles. The van der Waals surface area contributed by atoms with Gasteiger partial charge in [0.2, 0.25) is 0 Å². The van der Waals surface area contributed by atoms with Crippen LogP contribution < -0.4 is 22.1 Å². The van der Waals surface area contributed by atoms with Gasteiger partial charge < -0.3 is 22.1 Å². The highest BCUT2D eigenvalue weighted by Gasteiger charge is 2.56. The quantitative estimate of drug-likeness (QED) is 0.396. The Morgan fingerprint density at radius 3 is 2.44 bits per heavy atom. The maximum Gasteiger partial charge on any atom is 0.417 e. The zero-order valence-corrected chi connectivity index (χ0v) is 21.6. The van der Waals surface area contributed by atoms with Gasteiger partial charge in [0.15, 0.2) is 0 Å². The maximum atomic E-state index is 15.3. The van der Waals surface area contributed by atoms with Gasteiger partial charge >= 0.3 is 6.18 Å². The first kappa shape index (κ1) is 28.2. The highest BCUT2D eigenvalue weighted by Crippen LogP contribution is 2.54. The fourth-order valence-corrected chi connectivity index (χ4v) is 6.12. The van der Waals surface area contributed by atoms with Crippen LogP contribution in [0.15, 0.2) is 35.5 Å². The number of hydrogen-bond acceptors (Lipinski definition) is 7. The monoisotopic (exact) mass is 546 g/mol. The van der Waals surface area contributed by atoms with Crippen LogP contribution in [0, 0.1) is 5.82 Å². The van der Waals surface area contributed by atoms with Crippen molar-refractivity contribution in [2.45, 2.75) is 48.5 Å². The molecule has 2 atom stereocenters. The lowest BCUT2D eigenvalue weighted by molar-refractivity contribution is -0.137. The molecule has 0 bridgehead atoms. The fraction of sp³-hybridized carbons (Fsp3) is 0.435. The first-order valence-corrected chi connectivity index (χ1v) is 12.1. The van der Waals surface area contributed by atoms with Crippen LogP contribution in [0.3, 0.4) is 0 Å². The number of halogens is 5. The number of thioether (sulfide) groups is 1. The average Bonchev–Trinajstić information content (AvgIpc) is 2.78. The Balaban J connectivity index is 2.05. The van der Waals surface area contributed by atoms with Crippen molar-refractivity contribution in [2.75, 3.05) is 18.9 Å². The summed E-state index contributed by atoms with van der Waals surface area (Å²) in [7, 11) is 1.73. The molecule has 3 rings (SSSR count). The van der Waals surface area contributed by atoms with Gasteiger partial charge in [0.1, 0.15) is 22.9 Å². The SMILES string of the molecule is CN[C@@]1(CCN)SC(C)(C)C(N)=N[C@]1(C)c1cc(NC(=O)c2ncc(C(F)(F)F)cc2Cl)ccc1F. The molecule has 0 radical (unpaired) electrons. The Morgan fingerprint density at radius 2 is 1.89 bits per heavy atom. The van der Waals surface area contributed by atoms with E-state index in [0.29, 0.717) is 24.5 Å². The summed E-state index contributed by atoms with van der Waals surface area (Å²) >= 11 is 7.37. The Hall–Kier alpha value is -2.41. The number of aromatic nitrogens is 1. The number of aliphatic imine (C=N–C) groups is 1. The Bertz CT molecular complexity index is 1210. The van der Waals surface area contributed by atoms with Crippen molar-refractivity contribution in [3.05, 3.63) is 58.1 Å². The average molecular weight is 547 g/mol. The molecule has 0 spiro atoms. The lowest BCUT2D eigenvalue weighted by Gasteiger charge is -2.53. The van der Waals surface area contributed by atoms with Crippen LogP contribution in [-0.4, -0.2) is 39.9 Å². The largest absolute Gasteiger partial charge is 0.417 e. The topological polar surface area (TPSA) is 118 Å². The molecule has 1 aliphatic rings. The molecule has 7 nitrogen and oxygen atoms in total. The second-order valence-corrected chi connectivity index (χ2v) is 11.3. The first-order valence-electron chi connectivity index (χ1n) is 10.9. The van der Waals surface area contributed by atoms with Gasteiger partial charge in [-0.25, -0.2) is 9.37 Å². The molecule has 0 aliphatic carbocycles. The fourth-order valence-electron chi connectivity index (χ4n) is 4.17. The molecule has 0 saturated carbocycles. The summed E-state index contributed by atoms with van der Waals surface area (Å²) in [5.74, 6) is -1.14. The van der Waals surface area contributed by atoms with E-state index in [9.17, 15) is 18.0 Å². The van der Waals surface area contributed by atoms with Crippen LogP contribution in [0.2, 0.25) is 5.02 Å². The Labute approximate surface area is 215 Å². The van der Waals surface area contributed by atoms with Crippen molar-refractivity contribution in [3.63, 3.8) is 0 Å². The number of rotatable bonds is 6. The molecular formula is C23H27ClF4N6OS. The number of likely N-dealkylation sites (N-methyl/N-ethyl adjacent to an activating group) is 1. The third kappa shape index (κ3) is 5.04. The maximum absolute atomic E-state index is 15.3. The van der Waals surface area contributed by atoms with E-state index in [-0.39, 0.29) is 17.8 Å². The van der Waals surface area contributed by atoms with E-state index >= 15 is 4.39 Å². The van der Waals surface area contributed by atoms with E-state index in [1.54, 1.807) is 14.0 Å². The molecule has 0 unspecified atom stereocenters. The van der Waals surface area contributed by atoms with Gasteiger partial charge in [-0.2, -0.15) is 13.2 Å². The summed E-state index contributed by atoms with van der Waals surface area (Å²) < 4.78 is 53.4. The third-order valence-electron chi connectivity index (χ3n) is 6.21. The van der Waals surface area contributed by atoms with Crippen molar-refractivity contribution in [1.29, 1.82) is 0 Å². The van der Waals surface area contributed by atoms with E-state index in [4.69, 9.17) is 28.1 Å². The number of pyridine rings is 1. The number of nitrogens with two attached hydrogens (primary N) is 2. The van der Waals surface area contributed by atoms with Crippen molar-refractivity contribution < 1.29 is 22.4 Å². The smallest absolute Gasteiger partial charge is 0.386 e. The summed E-state index contributed by atoms with van der Waals surface area (Å²) in [6.45, 7) is 5.83. The number of benzene rings is 1. The van der Waals surface area contributed by atoms with Gasteiger partial charge in [-0.1, -0.05) is 11.6 Å². The van der Waals surface area contributed by atoms with Crippen LogP contribution in [0.4, 0.5) is 23.2 Å². The van der Waals surface area contributed by atoms with Gasteiger partial charge in [-0.05, 0) is 65.0 Å². The lowest BCUT2D eigenvalue weighted by atomic mass is 9.81. The zero-order chi connectivity index (χ0) is 27.1. The molecule has 0 fully saturated rings. The molecule has 13 heteroatoms. The van der Waals surface area contributed by atoms with E-state index in [0.717, 1.165) is 6.07 Å². The number of carbonyl (C=O) groups is 1. The second-order valence-electron chi connectivity index (χ2n) is 9.00. The summed E-state index contributed by atoms with van der Waals surface area (Å²) in [6, 6.07) is 4.50. The molecule has 2 heterocycles. The summed E-state index contributed by atoms with van der Waals surface area (Å²) in [4.78, 5) is 20.2. The van der Waals surface area contributed by atoms with Gasteiger partial charge in [0.05, 0.1) is 20.2 Å². The van der Waals surface area contributed by atoms with E-state index in [1.165, 1.54) is 23.9 Å². The second kappa shape index (κ2) is 9.81. The van der Waals surface area contributed by atoms with Crippen LogP contribution in [-0.2, 0) is 11.7 Å². The summed E-state index contributed by atoms with van der Waals surface area (Å²) in [5, 5.41) is 5.31. The normalized spacial score (nSPS) is 23.8. The van der Waals surface area contributed by atoms with Crippen LogP contribution in [0.5, 0.6) is 0 Å². The Morgan fingerprint density at radius 1 is 1.22 bits per heavy atom. The predicted octanol–water partition coefficient (Wildman–Crippen LogP) is 4.51. The highest BCUT2D eigenvalue weighted by molar-refractivity contribution is 8.02. The molecule has 1 aliphatic heterocycles. The Kier molecular flexibility index (Phi) is 7.67. The number of nitrogens with zero attached hydrogens (tertiary/aromatic N) is 2. The minimum Gasteiger partial charge on any atom is -0.386 e. The van der Waals surface area contributed by atoms with Crippen molar-refractivity contribution in [2.24, 2.45) is 16.5 Å².